The van der Waals surface area contributed by atoms with Crippen molar-refractivity contribution in [3.63, 3.8) is 0 Å². The summed E-state index contributed by atoms with van der Waals surface area (Å²) in [6.45, 7) is 9.98. The van der Waals surface area contributed by atoms with E-state index in [0.717, 1.165) is 30.2 Å². The molecule has 0 bridgehead atoms. The van der Waals surface area contributed by atoms with Crippen molar-refractivity contribution < 1.29 is 4.79 Å². The van der Waals surface area contributed by atoms with Crippen LogP contribution in [0.3, 0.4) is 0 Å². The number of carbonyl (C=O) groups excluding carboxylic acids is 1. The lowest BCUT2D eigenvalue weighted by molar-refractivity contribution is -0.118. The van der Waals surface area contributed by atoms with E-state index >= 15 is 0 Å². The molecule has 0 unspecified atom stereocenters. The van der Waals surface area contributed by atoms with Gasteiger partial charge in [-0.25, -0.2) is 9.97 Å². The topological polar surface area (TPSA) is 78.9 Å². The normalized spacial score (nSPS) is 10.4. The largest absolute Gasteiger partial charge is 0.370 e. The Morgan fingerprint density at radius 3 is 2.25 bits per heavy atom. The highest BCUT2D eigenvalue weighted by Crippen LogP contribution is 2.28. The second-order valence-electron chi connectivity index (χ2n) is 4.98. The van der Waals surface area contributed by atoms with Gasteiger partial charge in [0.25, 0.3) is 0 Å². The van der Waals surface area contributed by atoms with E-state index in [9.17, 15) is 4.79 Å². The van der Waals surface area contributed by atoms with Crippen LogP contribution in [-0.2, 0) is 4.79 Å². The molecule has 0 aliphatic heterocycles. The summed E-state index contributed by atoms with van der Waals surface area (Å²) >= 11 is 0. The van der Waals surface area contributed by atoms with Crippen LogP contribution in [0.1, 0.15) is 45.6 Å². The van der Waals surface area contributed by atoms with Crippen molar-refractivity contribution in [3.8, 4) is 0 Å². The number of rotatable bonds is 8. The monoisotopic (exact) mass is 279 g/mol. The van der Waals surface area contributed by atoms with Crippen molar-refractivity contribution in [1.82, 2.24) is 15.3 Å². The molecule has 1 amide bonds. The number of amides is 1. The Hall–Kier alpha value is -1.85. The molecule has 6 nitrogen and oxygen atoms in total. The minimum absolute atomic E-state index is 0.0242. The zero-order valence-corrected chi connectivity index (χ0v) is 12.8. The summed E-state index contributed by atoms with van der Waals surface area (Å²) < 4.78 is 0. The maximum atomic E-state index is 10.8. The van der Waals surface area contributed by atoms with Gasteiger partial charge in [0.2, 0.25) is 5.91 Å². The number of nitrogens with zero attached hydrogens (tertiary/aromatic N) is 2. The van der Waals surface area contributed by atoms with Gasteiger partial charge in [-0.15, -0.1) is 0 Å². The van der Waals surface area contributed by atoms with Gasteiger partial charge in [0, 0.05) is 32.1 Å². The van der Waals surface area contributed by atoms with Gasteiger partial charge in [0.15, 0.2) is 0 Å². The van der Waals surface area contributed by atoms with Crippen LogP contribution in [0.15, 0.2) is 6.33 Å². The van der Waals surface area contributed by atoms with Crippen LogP contribution in [0.25, 0.3) is 0 Å². The van der Waals surface area contributed by atoms with Gasteiger partial charge in [-0.2, -0.15) is 0 Å². The number of aromatic nitrogens is 2. The quantitative estimate of drug-likeness (QED) is 0.634. The molecule has 1 aromatic heterocycles. The maximum Gasteiger partial charge on any atom is 0.216 e. The van der Waals surface area contributed by atoms with E-state index in [0.29, 0.717) is 19.0 Å². The molecule has 0 aliphatic carbocycles. The Morgan fingerprint density at radius 1 is 1.15 bits per heavy atom. The third-order valence-corrected chi connectivity index (χ3v) is 2.80. The summed E-state index contributed by atoms with van der Waals surface area (Å²) in [5.41, 5.74) is 1.09. The smallest absolute Gasteiger partial charge is 0.216 e. The summed E-state index contributed by atoms with van der Waals surface area (Å²) in [7, 11) is 0. The van der Waals surface area contributed by atoms with Crippen LogP contribution in [0, 0.1) is 0 Å². The third kappa shape index (κ3) is 5.03. The SMILES string of the molecule is CCCNc1ncnc(NCCNC(C)=O)c1C(C)C. The van der Waals surface area contributed by atoms with Crippen LogP contribution < -0.4 is 16.0 Å². The average Bonchev–Trinajstić information content (AvgIpc) is 2.40. The van der Waals surface area contributed by atoms with Crippen molar-refractivity contribution in [3.05, 3.63) is 11.9 Å². The van der Waals surface area contributed by atoms with Crippen LogP contribution in [-0.4, -0.2) is 35.5 Å². The number of nitrogens with one attached hydrogen (secondary N) is 3. The second-order valence-corrected chi connectivity index (χ2v) is 4.98. The fourth-order valence-corrected chi connectivity index (χ4v) is 1.89. The summed E-state index contributed by atoms with van der Waals surface area (Å²) in [5.74, 6) is 2.01. The molecule has 0 saturated heterocycles. The first-order valence-corrected chi connectivity index (χ1v) is 7.13. The zero-order chi connectivity index (χ0) is 15.0. The molecule has 0 fully saturated rings. The van der Waals surface area contributed by atoms with E-state index in [-0.39, 0.29) is 5.91 Å². The lowest BCUT2D eigenvalue weighted by Gasteiger charge is -2.17. The highest BCUT2D eigenvalue weighted by Gasteiger charge is 2.14. The molecule has 0 radical (unpaired) electrons. The second kappa shape index (κ2) is 8.35. The molecule has 0 aromatic carbocycles. The Balaban J connectivity index is 2.75. The molecule has 0 atom stereocenters. The van der Waals surface area contributed by atoms with E-state index in [4.69, 9.17) is 0 Å². The minimum atomic E-state index is -0.0242. The molecule has 1 rings (SSSR count). The van der Waals surface area contributed by atoms with Gasteiger partial charge in [-0.3, -0.25) is 4.79 Å². The predicted octanol–water partition coefficient (Wildman–Crippen LogP) is 1.97. The van der Waals surface area contributed by atoms with Crippen molar-refractivity contribution in [2.45, 2.75) is 40.0 Å². The minimum Gasteiger partial charge on any atom is -0.370 e. The van der Waals surface area contributed by atoms with Crippen molar-refractivity contribution in [2.75, 3.05) is 30.3 Å². The van der Waals surface area contributed by atoms with Gasteiger partial charge in [-0.1, -0.05) is 20.8 Å². The highest BCUT2D eigenvalue weighted by atomic mass is 16.1. The molecule has 0 saturated carbocycles. The summed E-state index contributed by atoms with van der Waals surface area (Å²) in [4.78, 5) is 19.5. The van der Waals surface area contributed by atoms with E-state index in [1.54, 1.807) is 6.33 Å². The average molecular weight is 279 g/mol. The van der Waals surface area contributed by atoms with Crippen molar-refractivity contribution in [2.24, 2.45) is 0 Å². The molecule has 1 aromatic rings. The van der Waals surface area contributed by atoms with Gasteiger partial charge < -0.3 is 16.0 Å². The first kappa shape index (κ1) is 16.2. The fourth-order valence-electron chi connectivity index (χ4n) is 1.89. The number of hydrogen-bond donors (Lipinski definition) is 3. The number of anilines is 2. The molecule has 0 aliphatic rings. The van der Waals surface area contributed by atoms with Crippen molar-refractivity contribution in [1.29, 1.82) is 0 Å². The van der Waals surface area contributed by atoms with E-state index < -0.39 is 0 Å². The van der Waals surface area contributed by atoms with E-state index in [1.165, 1.54) is 6.92 Å². The Morgan fingerprint density at radius 2 is 1.75 bits per heavy atom. The molecule has 3 N–H and O–H groups in total. The third-order valence-electron chi connectivity index (χ3n) is 2.80. The number of hydrogen-bond acceptors (Lipinski definition) is 5. The van der Waals surface area contributed by atoms with Gasteiger partial charge in [-0.05, 0) is 12.3 Å². The lowest BCUT2D eigenvalue weighted by atomic mass is 10.0. The van der Waals surface area contributed by atoms with Crippen molar-refractivity contribution >= 4 is 17.5 Å². The van der Waals surface area contributed by atoms with Crippen LogP contribution in [0.2, 0.25) is 0 Å². The Kier molecular flexibility index (Phi) is 6.76. The highest BCUT2D eigenvalue weighted by molar-refractivity contribution is 5.72. The molecule has 0 spiro atoms. The summed E-state index contributed by atoms with van der Waals surface area (Å²) in [6.07, 6.45) is 2.61. The first-order chi connectivity index (χ1) is 9.56. The van der Waals surface area contributed by atoms with Crippen LogP contribution >= 0.6 is 0 Å². The van der Waals surface area contributed by atoms with Gasteiger partial charge in [0.05, 0.1) is 0 Å². The van der Waals surface area contributed by atoms with Gasteiger partial charge >= 0.3 is 0 Å². The summed E-state index contributed by atoms with van der Waals surface area (Å²) in [5, 5.41) is 9.35. The molecular weight excluding hydrogens is 254 g/mol. The molecule has 20 heavy (non-hydrogen) atoms. The predicted molar refractivity (Wildman–Crippen MR) is 82.1 cm³/mol. The molecule has 112 valence electrons. The summed E-state index contributed by atoms with van der Waals surface area (Å²) in [6, 6.07) is 0. The Labute approximate surface area is 120 Å². The maximum absolute atomic E-state index is 10.8. The van der Waals surface area contributed by atoms with E-state index in [1.807, 2.05) is 0 Å². The standard InChI is InChI=1S/C14H25N5O/c1-5-6-16-13-12(10(2)3)14(19-9-18-13)17-8-7-15-11(4)20/h9-10H,5-8H2,1-4H3,(H,15,20)(H2,16,17,18,19). The zero-order valence-electron chi connectivity index (χ0n) is 12.8. The fraction of sp³-hybridized carbons (Fsp3) is 0.643. The lowest BCUT2D eigenvalue weighted by Crippen LogP contribution is -2.27. The first-order valence-electron chi connectivity index (χ1n) is 7.13. The number of carbonyl (C=O) groups is 1. The molecular formula is C14H25N5O. The van der Waals surface area contributed by atoms with Crippen LogP contribution in [0.4, 0.5) is 11.6 Å². The van der Waals surface area contributed by atoms with Gasteiger partial charge in [0.1, 0.15) is 18.0 Å². The Bertz CT molecular complexity index is 434. The van der Waals surface area contributed by atoms with Crippen LogP contribution in [0.5, 0.6) is 0 Å². The molecule has 6 heteroatoms. The van der Waals surface area contributed by atoms with E-state index in [2.05, 4.69) is 46.7 Å². The molecule has 1 heterocycles.